The van der Waals surface area contributed by atoms with Crippen LogP contribution >= 0.6 is 8.03 Å². The number of hydrogen-bond acceptors (Lipinski definition) is 2. The van der Waals surface area contributed by atoms with Crippen LogP contribution in [0, 0.1) is 0 Å². The van der Waals surface area contributed by atoms with Crippen LogP contribution in [0.25, 0.3) is 11.4 Å². The zero-order valence-corrected chi connectivity index (χ0v) is 11.7. The summed E-state index contributed by atoms with van der Waals surface area (Å²) in [6, 6.07) is 19.6. The second kappa shape index (κ2) is 6.98. The van der Waals surface area contributed by atoms with Crippen molar-refractivity contribution in [2.75, 3.05) is 6.61 Å². The first-order valence-corrected chi connectivity index (χ1v) is 7.41. The van der Waals surface area contributed by atoms with E-state index in [4.69, 9.17) is 4.52 Å². The zero-order valence-electron chi connectivity index (χ0n) is 10.8. The van der Waals surface area contributed by atoms with E-state index in [-0.39, 0.29) is 0 Å². The molecule has 0 bridgehead atoms. The Morgan fingerprint density at radius 1 is 1.05 bits per heavy atom. The van der Waals surface area contributed by atoms with Crippen LogP contribution in [0.4, 0.5) is 0 Å². The summed E-state index contributed by atoms with van der Waals surface area (Å²) in [7, 11) is -1.83. The molecule has 2 aromatic carbocycles. The second-order valence-electron chi connectivity index (χ2n) is 3.98. The Kier molecular flexibility index (Phi) is 5.02. The predicted octanol–water partition coefficient (Wildman–Crippen LogP) is 4.96. The third-order valence-electron chi connectivity index (χ3n) is 2.62. The van der Waals surface area contributed by atoms with Gasteiger partial charge in [-0.1, -0.05) is 60.7 Å². The van der Waals surface area contributed by atoms with Crippen molar-refractivity contribution in [1.82, 2.24) is 0 Å². The fraction of sp³-hybridized carbons (Fsp3) is 0.125. The lowest BCUT2D eigenvalue weighted by Gasteiger charge is -1.97. The molecule has 1 atom stereocenters. The van der Waals surface area contributed by atoms with Gasteiger partial charge in [-0.15, -0.1) is 4.52 Å². The van der Waals surface area contributed by atoms with Crippen LogP contribution in [-0.2, 0) is 9.09 Å². The van der Waals surface area contributed by atoms with E-state index < -0.39 is 8.03 Å². The third kappa shape index (κ3) is 3.85. The lowest BCUT2D eigenvalue weighted by Crippen LogP contribution is -1.84. The van der Waals surface area contributed by atoms with Gasteiger partial charge in [0.25, 0.3) is 0 Å². The molecule has 0 saturated carbocycles. The Morgan fingerprint density at radius 2 is 1.63 bits per heavy atom. The minimum absolute atomic E-state index is 0.439. The van der Waals surface area contributed by atoms with E-state index in [1.54, 1.807) is 0 Å². The molecule has 19 heavy (non-hydrogen) atoms. The zero-order chi connectivity index (χ0) is 13.5. The van der Waals surface area contributed by atoms with Gasteiger partial charge in [-0.3, -0.25) is 0 Å². The Hall–Kier alpha value is -1.76. The first-order valence-electron chi connectivity index (χ1n) is 6.23. The molecule has 0 amide bonds. The van der Waals surface area contributed by atoms with E-state index in [9.17, 15) is 4.57 Å². The van der Waals surface area contributed by atoms with Crippen molar-refractivity contribution in [2.45, 2.75) is 6.92 Å². The van der Waals surface area contributed by atoms with Gasteiger partial charge in [0.15, 0.2) is 0 Å². The van der Waals surface area contributed by atoms with Crippen molar-refractivity contribution in [3.05, 3.63) is 71.8 Å². The van der Waals surface area contributed by atoms with Crippen LogP contribution in [0.15, 0.2) is 60.7 Å². The van der Waals surface area contributed by atoms with Gasteiger partial charge in [0.05, 0.1) is 0 Å². The molecule has 2 nitrogen and oxygen atoms in total. The topological polar surface area (TPSA) is 26.3 Å². The normalized spacial score (nSPS) is 12.3. The van der Waals surface area contributed by atoms with Crippen molar-refractivity contribution in [1.29, 1.82) is 0 Å². The highest BCUT2D eigenvalue weighted by molar-refractivity contribution is 7.52. The molecule has 0 aliphatic heterocycles. The summed E-state index contributed by atoms with van der Waals surface area (Å²) in [5.41, 5.74) is 1.95. The monoisotopic (exact) mass is 271 g/mol. The highest BCUT2D eigenvalue weighted by Gasteiger charge is 2.26. The summed E-state index contributed by atoms with van der Waals surface area (Å²) < 4.78 is 17.5. The lowest BCUT2D eigenvalue weighted by atomic mass is 10.1. The molecule has 3 heteroatoms. The molecule has 96 valence electrons. The van der Waals surface area contributed by atoms with Gasteiger partial charge in [-0.2, -0.15) is 0 Å². The molecular weight excluding hydrogens is 255 g/mol. The Morgan fingerprint density at radius 3 is 2.21 bits per heavy atom. The van der Waals surface area contributed by atoms with Gasteiger partial charge in [0, 0.05) is 11.6 Å². The van der Waals surface area contributed by atoms with Crippen molar-refractivity contribution >= 4 is 19.4 Å². The molecule has 0 radical (unpaired) electrons. The minimum Gasteiger partial charge on any atom is -0.142 e. The summed E-state index contributed by atoms with van der Waals surface area (Å²) in [6.07, 6.45) is 1.92. The van der Waals surface area contributed by atoms with Crippen LogP contribution in [0.2, 0.25) is 0 Å². The van der Waals surface area contributed by atoms with Gasteiger partial charge in [0.1, 0.15) is 6.61 Å². The largest absolute Gasteiger partial charge is 0.549 e. The Bertz CT molecular complexity index is 562. The van der Waals surface area contributed by atoms with Gasteiger partial charge in [-0.25, -0.2) is 0 Å². The molecule has 2 rings (SSSR count). The van der Waals surface area contributed by atoms with Crippen LogP contribution in [0.1, 0.15) is 18.1 Å². The third-order valence-corrected chi connectivity index (χ3v) is 3.89. The first kappa shape index (κ1) is 13.7. The lowest BCUT2D eigenvalue weighted by molar-refractivity contribution is 0.358. The maximum absolute atomic E-state index is 12.2. The molecule has 0 fully saturated rings. The van der Waals surface area contributed by atoms with Crippen LogP contribution in [0.3, 0.4) is 0 Å². The van der Waals surface area contributed by atoms with E-state index in [1.807, 2.05) is 73.7 Å². The number of benzene rings is 2. The average molecular weight is 271 g/mol. The summed E-state index contributed by atoms with van der Waals surface area (Å²) in [4.78, 5) is 0. The van der Waals surface area contributed by atoms with E-state index in [2.05, 4.69) is 0 Å². The van der Waals surface area contributed by atoms with Crippen molar-refractivity contribution in [2.24, 2.45) is 0 Å². The predicted molar refractivity (Wildman–Crippen MR) is 80.0 cm³/mol. The van der Waals surface area contributed by atoms with Gasteiger partial charge < -0.3 is 0 Å². The molecule has 0 heterocycles. The molecule has 0 aromatic heterocycles. The van der Waals surface area contributed by atoms with Gasteiger partial charge in [-0.05, 0) is 17.1 Å². The molecule has 2 aromatic rings. The summed E-state index contributed by atoms with van der Waals surface area (Å²) in [5, 5.41) is 0.726. The summed E-state index contributed by atoms with van der Waals surface area (Å²) in [6.45, 7) is 2.28. The Balaban J connectivity index is 2.41. The summed E-state index contributed by atoms with van der Waals surface area (Å²) >= 11 is 0. The highest BCUT2D eigenvalue weighted by Crippen LogP contribution is 2.42. The van der Waals surface area contributed by atoms with Gasteiger partial charge in [0.2, 0.25) is 5.31 Å². The van der Waals surface area contributed by atoms with Crippen molar-refractivity contribution in [3.63, 3.8) is 0 Å². The van der Waals surface area contributed by atoms with E-state index in [1.165, 1.54) is 0 Å². The van der Waals surface area contributed by atoms with Gasteiger partial charge >= 0.3 is 8.03 Å². The standard InChI is InChI=1S/C16H16O2P/c1-2-18-19(17)16(15-11-7-4-8-12-15)13-14-9-5-3-6-10-14/h3-13H,2H2,1H3/q+1/b16-13+. The molecule has 0 aliphatic carbocycles. The maximum atomic E-state index is 12.2. The average Bonchev–Trinajstić information content (AvgIpc) is 2.47. The molecule has 1 unspecified atom stereocenters. The van der Waals surface area contributed by atoms with Crippen molar-refractivity contribution in [3.8, 4) is 0 Å². The summed E-state index contributed by atoms with van der Waals surface area (Å²) in [5.74, 6) is 0. The second-order valence-corrected chi connectivity index (χ2v) is 5.24. The molecule has 0 saturated heterocycles. The smallest absolute Gasteiger partial charge is 0.142 e. The molecule has 0 spiro atoms. The van der Waals surface area contributed by atoms with E-state index >= 15 is 0 Å². The molecular formula is C16H16O2P+. The first-order chi connectivity index (χ1) is 9.31. The quantitative estimate of drug-likeness (QED) is 0.567. The van der Waals surface area contributed by atoms with Crippen LogP contribution < -0.4 is 0 Å². The van der Waals surface area contributed by atoms with Crippen molar-refractivity contribution < 1.29 is 9.09 Å². The fourth-order valence-electron chi connectivity index (χ4n) is 1.74. The fourth-order valence-corrected chi connectivity index (χ4v) is 2.73. The minimum atomic E-state index is -1.83. The SMILES string of the molecule is CCO[P+](=O)/C(=C/c1ccccc1)c1ccccc1. The highest BCUT2D eigenvalue weighted by atomic mass is 31.1. The number of hydrogen-bond donors (Lipinski definition) is 0. The maximum Gasteiger partial charge on any atom is 0.549 e. The van der Waals surface area contributed by atoms with E-state index in [0.29, 0.717) is 6.61 Å². The molecule has 0 aliphatic rings. The Labute approximate surface area is 114 Å². The van der Waals surface area contributed by atoms with Crippen LogP contribution in [0.5, 0.6) is 0 Å². The molecule has 0 N–H and O–H groups in total. The van der Waals surface area contributed by atoms with E-state index in [0.717, 1.165) is 16.4 Å². The number of rotatable bonds is 5. The van der Waals surface area contributed by atoms with Crippen LogP contribution in [-0.4, -0.2) is 6.61 Å².